The van der Waals surface area contributed by atoms with Crippen LogP contribution in [0, 0.1) is 0 Å². The van der Waals surface area contributed by atoms with Gasteiger partial charge in [0.25, 0.3) is 0 Å². The minimum Gasteiger partial charge on any atom is -0.379 e. The number of hydrogen-bond acceptors (Lipinski definition) is 4. The first-order valence-corrected chi connectivity index (χ1v) is 8.90. The second kappa shape index (κ2) is 7.33. The smallest absolute Gasteiger partial charge is 0.244 e. The van der Waals surface area contributed by atoms with E-state index in [9.17, 15) is 4.79 Å². The van der Waals surface area contributed by atoms with Gasteiger partial charge in [-0.25, -0.2) is 0 Å². The number of morpholine rings is 1. The summed E-state index contributed by atoms with van der Waals surface area (Å²) in [6.07, 6.45) is 4.49. The molecule has 2 aromatic rings. The molecule has 5 heteroatoms. The fourth-order valence-electron chi connectivity index (χ4n) is 3.74. The summed E-state index contributed by atoms with van der Waals surface area (Å²) in [4.78, 5) is 21.9. The van der Waals surface area contributed by atoms with Gasteiger partial charge in [-0.15, -0.1) is 0 Å². The molecule has 130 valence electrons. The molecule has 0 bridgehead atoms. The number of amides is 1. The summed E-state index contributed by atoms with van der Waals surface area (Å²) in [5, 5.41) is 0. The van der Waals surface area contributed by atoms with Gasteiger partial charge in [-0.1, -0.05) is 30.3 Å². The van der Waals surface area contributed by atoms with Crippen LogP contribution in [-0.2, 0) is 22.5 Å². The number of pyridine rings is 1. The van der Waals surface area contributed by atoms with Crippen LogP contribution in [0.4, 0.5) is 0 Å². The summed E-state index contributed by atoms with van der Waals surface area (Å²) >= 11 is 0. The van der Waals surface area contributed by atoms with Crippen LogP contribution in [0.5, 0.6) is 0 Å². The van der Waals surface area contributed by atoms with Crippen molar-refractivity contribution in [3.8, 4) is 0 Å². The monoisotopic (exact) mass is 337 g/mol. The molecule has 1 unspecified atom stereocenters. The van der Waals surface area contributed by atoms with Gasteiger partial charge in [-0.3, -0.25) is 14.7 Å². The number of carbonyl (C=O) groups excluding carboxylic acids is 1. The molecule has 4 rings (SSSR count). The van der Waals surface area contributed by atoms with Crippen molar-refractivity contribution in [2.24, 2.45) is 0 Å². The van der Waals surface area contributed by atoms with E-state index in [4.69, 9.17) is 4.74 Å². The molecular weight excluding hydrogens is 314 g/mol. The lowest BCUT2D eigenvalue weighted by Gasteiger charge is -2.38. The highest BCUT2D eigenvalue weighted by molar-refractivity contribution is 5.83. The Kier molecular flexibility index (Phi) is 4.76. The van der Waals surface area contributed by atoms with Crippen molar-refractivity contribution in [2.75, 3.05) is 32.8 Å². The summed E-state index contributed by atoms with van der Waals surface area (Å²) in [7, 11) is 0. The minimum absolute atomic E-state index is 0.171. The van der Waals surface area contributed by atoms with E-state index in [1.807, 2.05) is 29.3 Å². The van der Waals surface area contributed by atoms with Gasteiger partial charge >= 0.3 is 0 Å². The van der Waals surface area contributed by atoms with Gasteiger partial charge in [0.2, 0.25) is 5.91 Å². The van der Waals surface area contributed by atoms with E-state index in [1.165, 1.54) is 11.1 Å². The van der Waals surface area contributed by atoms with Crippen LogP contribution >= 0.6 is 0 Å². The van der Waals surface area contributed by atoms with E-state index in [1.54, 1.807) is 6.20 Å². The predicted molar refractivity (Wildman–Crippen MR) is 94.9 cm³/mol. The Labute approximate surface area is 148 Å². The van der Waals surface area contributed by atoms with Gasteiger partial charge in [-0.2, -0.15) is 0 Å². The zero-order valence-electron chi connectivity index (χ0n) is 14.3. The maximum Gasteiger partial charge on any atom is 0.244 e. The zero-order chi connectivity index (χ0) is 17.1. The number of aromatic nitrogens is 1. The van der Waals surface area contributed by atoms with Gasteiger partial charge in [0.15, 0.2) is 0 Å². The molecule has 2 aliphatic rings. The van der Waals surface area contributed by atoms with Crippen molar-refractivity contribution in [3.63, 3.8) is 0 Å². The molecule has 3 heterocycles. The molecular formula is C20H23N3O2. The lowest BCUT2D eigenvalue weighted by atomic mass is 9.98. The van der Waals surface area contributed by atoms with Crippen molar-refractivity contribution in [2.45, 2.75) is 19.0 Å². The largest absolute Gasteiger partial charge is 0.379 e. The normalized spacial score (nSPS) is 19.3. The minimum atomic E-state index is -0.275. The van der Waals surface area contributed by atoms with Crippen molar-refractivity contribution >= 4 is 5.91 Å². The summed E-state index contributed by atoms with van der Waals surface area (Å²) in [6, 6.07) is 12.0. The molecule has 1 aromatic carbocycles. The first kappa shape index (κ1) is 16.2. The molecule has 0 N–H and O–H groups in total. The topological polar surface area (TPSA) is 45.7 Å². The maximum atomic E-state index is 13.4. The Morgan fingerprint density at radius 3 is 2.60 bits per heavy atom. The third kappa shape index (κ3) is 3.43. The number of nitrogens with zero attached hydrogens (tertiary/aromatic N) is 3. The van der Waals surface area contributed by atoms with Crippen molar-refractivity contribution in [3.05, 3.63) is 65.5 Å². The van der Waals surface area contributed by atoms with E-state index in [-0.39, 0.29) is 11.9 Å². The standard InChI is InChI=1S/C20H23N3O2/c24-20(23-9-7-16-4-1-2-5-18(16)15-23)19(17-6-3-8-21-14-17)22-10-12-25-13-11-22/h1-6,8,14,19H,7,9-13,15H2. The average molecular weight is 337 g/mol. The van der Waals surface area contributed by atoms with Crippen LogP contribution in [0.2, 0.25) is 0 Å². The highest BCUT2D eigenvalue weighted by Crippen LogP contribution is 2.27. The van der Waals surface area contributed by atoms with Crippen LogP contribution in [0.25, 0.3) is 0 Å². The van der Waals surface area contributed by atoms with Gasteiger partial charge < -0.3 is 9.64 Å². The van der Waals surface area contributed by atoms with Crippen molar-refractivity contribution < 1.29 is 9.53 Å². The highest BCUT2D eigenvalue weighted by atomic mass is 16.5. The zero-order valence-corrected chi connectivity index (χ0v) is 14.3. The number of ether oxygens (including phenoxy) is 1. The van der Waals surface area contributed by atoms with Gasteiger partial charge in [0.1, 0.15) is 6.04 Å². The van der Waals surface area contributed by atoms with Crippen molar-refractivity contribution in [1.29, 1.82) is 0 Å². The number of hydrogen-bond donors (Lipinski definition) is 0. The number of fused-ring (bicyclic) bond motifs is 1. The predicted octanol–water partition coefficient (Wildman–Crippen LogP) is 2.04. The van der Waals surface area contributed by atoms with Gasteiger partial charge in [-0.05, 0) is 29.2 Å². The number of benzene rings is 1. The molecule has 0 saturated carbocycles. The van der Waals surface area contributed by atoms with E-state index < -0.39 is 0 Å². The summed E-state index contributed by atoms with van der Waals surface area (Å²) in [5.41, 5.74) is 3.58. The quantitative estimate of drug-likeness (QED) is 0.860. The maximum absolute atomic E-state index is 13.4. The molecule has 5 nitrogen and oxygen atoms in total. The second-order valence-electron chi connectivity index (χ2n) is 6.62. The van der Waals surface area contributed by atoms with E-state index in [0.29, 0.717) is 19.8 Å². The highest BCUT2D eigenvalue weighted by Gasteiger charge is 2.33. The molecule has 1 atom stereocenters. The van der Waals surface area contributed by atoms with Crippen LogP contribution in [0.15, 0.2) is 48.8 Å². The third-order valence-corrected chi connectivity index (χ3v) is 5.09. The molecule has 0 spiro atoms. The Morgan fingerprint density at radius 2 is 1.84 bits per heavy atom. The SMILES string of the molecule is O=C(C(c1cccnc1)N1CCOCC1)N1CCc2ccccc2C1. The van der Waals surface area contributed by atoms with Crippen LogP contribution in [-0.4, -0.2) is 53.5 Å². The average Bonchev–Trinajstić information content (AvgIpc) is 2.69. The van der Waals surface area contributed by atoms with Gasteiger partial charge in [0.05, 0.1) is 13.2 Å². The summed E-state index contributed by atoms with van der Waals surface area (Å²) < 4.78 is 5.48. The summed E-state index contributed by atoms with van der Waals surface area (Å²) in [5.74, 6) is 0.171. The lowest BCUT2D eigenvalue weighted by molar-refractivity contribution is -0.140. The molecule has 1 aromatic heterocycles. The molecule has 0 aliphatic carbocycles. The number of carbonyl (C=O) groups is 1. The Bertz CT molecular complexity index is 729. The number of rotatable bonds is 3. The van der Waals surface area contributed by atoms with Crippen LogP contribution < -0.4 is 0 Å². The van der Waals surface area contributed by atoms with E-state index in [2.05, 4.69) is 28.1 Å². The first-order valence-electron chi connectivity index (χ1n) is 8.90. The van der Waals surface area contributed by atoms with Crippen LogP contribution in [0.3, 0.4) is 0 Å². The van der Waals surface area contributed by atoms with Crippen LogP contribution in [0.1, 0.15) is 22.7 Å². The Morgan fingerprint density at radius 1 is 1.04 bits per heavy atom. The molecule has 1 fully saturated rings. The van der Waals surface area contributed by atoms with E-state index >= 15 is 0 Å². The Hall–Kier alpha value is -2.24. The fraction of sp³-hybridized carbons (Fsp3) is 0.400. The molecule has 1 amide bonds. The first-order chi connectivity index (χ1) is 12.3. The fourth-order valence-corrected chi connectivity index (χ4v) is 3.74. The summed E-state index contributed by atoms with van der Waals surface area (Å²) in [6.45, 7) is 4.36. The third-order valence-electron chi connectivity index (χ3n) is 5.09. The lowest BCUT2D eigenvalue weighted by Crippen LogP contribution is -2.48. The van der Waals surface area contributed by atoms with Gasteiger partial charge in [0, 0.05) is 38.6 Å². The Balaban J connectivity index is 1.60. The second-order valence-corrected chi connectivity index (χ2v) is 6.62. The molecule has 0 radical (unpaired) electrons. The molecule has 1 saturated heterocycles. The van der Waals surface area contributed by atoms with Crippen molar-refractivity contribution in [1.82, 2.24) is 14.8 Å². The van der Waals surface area contributed by atoms with E-state index in [0.717, 1.165) is 31.6 Å². The molecule has 2 aliphatic heterocycles. The molecule has 25 heavy (non-hydrogen) atoms.